The summed E-state index contributed by atoms with van der Waals surface area (Å²) >= 11 is 3.46. The summed E-state index contributed by atoms with van der Waals surface area (Å²) in [6.07, 6.45) is 2.09. The van der Waals surface area contributed by atoms with Crippen LogP contribution in [0.5, 0.6) is 0 Å². The van der Waals surface area contributed by atoms with Crippen molar-refractivity contribution in [2.24, 2.45) is 0 Å². The van der Waals surface area contributed by atoms with Crippen molar-refractivity contribution in [3.8, 4) is 0 Å². The molecule has 0 aliphatic carbocycles. The molecule has 134 valence electrons. The molecule has 1 atom stereocenters. The van der Waals surface area contributed by atoms with E-state index >= 15 is 0 Å². The van der Waals surface area contributed by atoms with E-state index < -0.39 is 0 Å². The number of benzene rings is 2. The van der Waals surface area contributed by atoms with Gasteiger partial charge in [0, 0.05) is 29.3 Å². The van der Waals surface area contributed by atoms with E-state index in [0.29, 0.717) is 11.1 Å². The zero-order chi connectivity index (χ0) is 18.4. The minimum atomic E-state index is -0.177. The molecule has 0 radical (unpaired) electrons. The first-order valence-electron chi connectivity index (χ1n) is 8.71. The molecule has 1 saturated heterocycles. The van der Waals surface area contributed by atoms with Gasteiger partial charge in [0.2, 0.25) is 0 Å². The van der Waals surface area contributed by atoms with E-state index in [1.165, 1.54) is 0 Å². The van der Waals surface area contributed by atoms with Crippen molar-refractivity contribution in [2.75, 3.05) is 23.8 Å². The summed E-state index contributed by atoms with van der Waals surface area (Å²) < 4.78 is 1.01. The molecule has 2 aromatic carbocycles. The lowest BCUT2D eigenvalue weighted by Crippen LogP contribution is -2.50. The Morgan fingerprint density at radius 3 is 2.81 bits per heavy atom. The Morgan fingerprint density at radius 2 is 2.04 bits per heavy atom. The Labute approximate surface area is 161 Å². The molecule has 5 nitrogen and oxygen atoms in total. The van der Waals surface area contributed by atoms with Gasteiger partial charge in [-0.3, -0.25) is 9.59 Å². The largest absolute Gasteiger partial charge is 0.354 e. The molecule has 1 N–H and O–H groups in total. The molecule has 6 heteroatoms. The Balaban J connectivity index is 1.62. The Kier molecular flexibility index (Phi) is 4.23. The molecule has 0 saturated carbocycles. The number of halogens is 1. The van der Waals surface area contributed by atoms with Crippen LogP contribution >= 0.6 is 15.9 Å². The van der Waals surface area contributed by atoms with Crippen LogP contribution < -0.4 is 10.2 Å². The van der Waals surface area contributed by atoms with Gasteiger partial charge in [-0.15, -0.1) is 0 Å². The first-order valence-corrected chi connectivity index (χ1v) is 9.50. The highest BCUT2D eigenvalue weighted by Gasteiger charge is 2.38. The van der Waals surface area contributed by atoms with E-state index in [9.17, 15) is 9.59 Å². The van der Waals surface area contributed by atoms with E-state index in [0.717, 1.165) is 40.8 Å². The molecular weight excluding hydrogens is 394 g/mol. The number of amides is 2. The number of carbonyl (C=O) groups is 2. The molecule has 0 bridgehead atoms. The van der Waals surface area contributed by atoms with Crippen molar-refractivity contribution in [2.45, 2.75) is 25.9 Å². The summed E-state index contributed by atoms with van der Waals surface area (Å²) in [7, 11) is 1.99. The fourth-order valence-electron chi connectivity index (χ4n) is 3.78. The molecule has 2 aromatic rings. The molecule has 0 aromatic heterocycles. The molecule has 0 spiro atoms. The molecule has 1 fully saturated rings. The van der Waals surface area contributed by atoms with Crippen molar-refractivity contribution in [1.29, 1.82) is 0 Å². The third kappa shape index (κ3) is 2.78. The number of carbonyl (C=O) groups excluding carboxylic acids is 2. The van der Waals surface area contributed by atoms with E-state index in [1.54, 1.807) is 12.1 Å². The first kappa shape index (κ1) is 17.1. The molecular formula is C20H20BrN3O2. The average Bonchev–Trinajstić information content (AvgIpc) is 3.12. The highest BCUT2D eigenvalue weighted by Crippen LogP contribution is 2.35. The second kappa shape index (κ2) is 6.43. The topological polar surface area (TPSA) is 52.7 Å². The minimum absolute atomic E-state index is 0.0658. The number of fused-ring (bicyclic) bond motifs is 2. The van der Waals surface area contributed by atoms with Crippen LogP contribution in [0.25, 0.3) is 0 Å². The molecule has 2 heterocycles. The summed E-state index contributed by atoms with van der Waals surface area (Å²) in [6, 6.07) is 11.0. The van der Waals surface area contributed by atoms with Crippen LogP contribution in [0, 0.1) is 6.92 Å². The van der Waals surface area contributed by atoms with Crippen LogP contribution in [0.2, 0.25) is 0 Å². The number of nitrogens with one attached hydrogen (secondary N) is 1. The van der Waals surface area contributed by atoms with Crippen LogP contribution in [0.3, 0.4) is 0 Å². The van der Waals surface area contributed by atoms with E-state index in [-0.39, 0.29) is 18.0 Å². The highest BCUT2D eigenvalue weighted by molar-refractivity contribution is 9.10. The fraction of sp³-hybridized carbons (Fsp3) is 0.300. The van der Waals surface area contributed by atoms with Crippen molar-refractivity contribution < 1.29 is 9.59 Å². The van der Waals surface area contributed by atoms with Gasteiger partial charge < -0.3 is 15.1 Å². The lowest BCUT2D eigenvalue weighted by molar-refractivity contribution is 0.0719. The smallest absolute Gasteiger partial charge is 0.257 e. The van der Waals surface area contributed by atoms with Crippen LogP contribution in [-0.4, -0.2) is 36.5 Å². The number of anilines is 2. The van der Waals surface area contributed by atoms with Crippen molar-refractivity contribution >= 4 is 39.1 Å². The third-order valence-corrected chi connectivity index (χ3v) is 6.10. The fourth-order valence-corrected chi connectivity index (χ4v) is 4.02. The molecule has 4 rings (SSSR count). The van der Waals surface area contributed by atoms with E-state index in [2.05, 4.69) is 26.1 Å². The zero-order valence-corrected chi connectivity index (χ0v) is 16.3. The van der Waals surface area contributed by atoms with Crippen LogP contribution in [0.15, 0.2) is 40.9 Å². The van der Waals surface area contributed by atoms with Gasteiger partial charge in [0.05, 0.1) is 11.3 Å². The maximum atomic E-state index is 12.7. The van der Waals surface area contributed by atoms with Gasteiger partial charge in [-0.2, -0.15) is 0 Å². The summed E-state index contributed by atoms with van der Waals surface area (Å²) in [5, 5.41) is 2.93. The van der Waals surface area contributed by atoms with Crippen LogP contribution in [0.4, 0.5) is 11.4 Å². The van der Waals surface area contributed by atoms with Gasteiger partial charge in [-0.05, 0) is 61.7 Å². The highest BCUT2D eigenvalue weighted by atomic mass is 79.9. The zero-order valence-electron chi connectivity index (χ0n) is 14.8. The van der Waals surface area contributed by atoms with Gasteiger partial charge in [-0.25, -0.2) is 0 Å². The maximum Gasteiger partial charge on any atom is 0.257 e. The van der Waals surface area contributed by atoms with Crippen LogP contribution in [-0.2, 0) is 0 Å². The van der Waals surface area contributed by atoms with Crippen molar-refractivity contribution in [3.63, 3.8) is 0 Å². The number of rotatable bonds is 2. The Hall–Kier alpha value is -2.34. The predicted molar refractivity (Wildman–Crippen MR) is 106 cm³/mol. The van der Waals surface area contributed by atoms with Gasteiger partial charge in [0.25, 0.3) is 11.8 Å². The maximum absolute atomic E-state index is 12.7. The molecule has 1 unspecified atom stereocenters. The third-order valence-electron chi connectivity index (χ3n) is 5.22. The molecule has 2 amide bonds. The van der Waals surface area contributed by atoms with E-state index in [4.69, 9.17) is 0 Å². The monoisotopic (exact) mass is 413 g/mol. The number of hydrogen-bond donors (Lipinski definition) is 1. The summed E-state index contributed by atoms with van der Waals surface area (Å²) in [5.74, 6) is -0.111. The SMILES string of the molecule is Cc1cc(NC(=O)c2ccc3c(c2)N(C)C2CCCN2C3=O)ccc1Br. The predicted octanol–water partition coefficient (Wildman–Crippen LogP) is 4.02. The number of aryl methyl sites for hydroxylation is 1. The summed E-state index contributed by atoms with van der Waals surface area (Å²) in [6.45, 7) is 2.78. The quantitative estimate of drug-likeness (QED) is 0.808. The summed E-state index contributed by atoms with van der Waals surface area (Å²) in [5.41, 5.74) is 3.86. The Morgan fingerprint density at radius 1 is 1.23 bits per heavy atom. The average molecular weight is 414 g/mol. The second-order valence-corrected chi connectivity index (χ2v) is 7.74. The number of hydrogen-bond acceptors (Lipinski definition) is 3. The van der Waals surface area contributed by atoms with Gasteiger partial charge in [-0.1, -0.05) is 15.9 Å². The normalized spacial score (nSPS) is 18.6. The molecule has 2 aliphatic heterocycles. The summed E-state index contributed by atoms with van der Waals surface area (Å²) in [4.78, 5) is 29.4. The van der Waals surface area contributed by atoms with Gasteiger partial charge in [0.15, 0.2) is 0 Å². The lowest BCUT2D eigenvalue weighted by Gasteiger charge is -2.40. The van der Waals surface area contributed by atoms with Crippen molar-refractivity contribution in [1.82, 2.24) is 4.90 Å². The van der Waals surface area contributed by atoms with Gasteiger partial charge >= 0.3 is 0 Å². The Bertz CT molecular complexity index is 912. The first-order chi connectivity index (χ1) is 12.5. The second-order valence-electron chi connectivity index (χ2n) is 6.88. The lowest BCUT2D eigenvalue weighted by atomic mass is 10.0. The van der Waals surface area contributed by atoms with Crippen LogP contribution in [0.1, 0.15) is 39.1 Å². The van der Waals surface area contributed by atoms with Gasteiger partial charge in [0.1, 0.15) is 6.17 Å². The number of nitrogens with zero attached hydrogens (tertiary/aromatic N) is 2. The van der Waals surface area contributed by atoms with E-state index in [1.807, 2.05) is 43.1 Å². The van der Waals surface area contributed by atoms with Crippen molar-refractivity contribution in [3.05, 3.63) is 57.6 Å². The molecule has 26 heavy (non-hydrogen) atoms. The standard InChI is InChI=1S/C20H20BrN3O2/c1-12-10-14(6-8-16(12)21)22-19(25)13-5-7-15-17(11-13)23(2)18-4-3-9-24(18)20(15)26/h5-8,10-11,18H,3-4,9H2,1-2H3,(H,22,25). The molecule has 2 aliphatic rings. The minimum Gasteiger partial charge on any atom is -0.354 e.